The van der Waals surface area contributed by atoms with Crippen molar-refractivity contribution in [3.8, 4) is 28.6 Å². The molecule has 0 atom stereocenters. The molecular formula is C19H18N8. The molecule has 134 valence electrons. The van der Waals surface area contributed by atoms with Gasteiger partial charge in [0.2, 0.25) is 0 Å². The third kappa shape index (κ3) is 2.51. The molecule has 8 nitrogen and oxygen atoms in total. The number of nitrogens with zero attached hydrogens (tertiary/aromatic N) is 8. The largest absolute Gasteiger partial charge is 0.275 e. The van der Waals surface area contributed by atoms with E-state index in [4.69, 9.17) is 10.2 Å². The molecular weight excluding hydrogens is 340 g/mol. The maximum absolute atomic E-state index is 8.99. The van der Waals surface area contributed by atoms with E-state index in [0.29, 0.717) is 6.04 Å². The Kier molecular flexibility index (Phi) is 3.37. The molecule has 1 saturated carbocycles. The Hall–Kier alpha value is -3.47. The van der Waals surface area contributed by atoms with E-state index in [0.717, 1.165) is 46.6 Å². The van der Waals surface area contributed by atoms with Crippen LogP contribution in [0.4, 0.5) is 0 Å². The van der Waals surface area contributed by atoms with Gasteiger partial charge in [0.25, 0.3) is 0 Å². The molecule has 4 aromatic rings. The van der Waals surface area contributed by atoms with Crippen molar-refractivity contribution in [2.24, 2.45) is 13.0 Å². The minimum Gasteiger partial charge on any atom is -0.275 e. The summed E-state index contributed by atoms with van der Waals surface area (Å²) in [7, 11) is 1.90. The molecule has 1 fully saturated rings. The Morgan fingerprint density at radius 1 is 1.19 bits per heavy atom. The second-order valence-corrected chi connectivity index (χ2v) is 7.10. The first-order valence-electron chi connectivity index (χ1n) is 8.91. The van der Waals surface area contributed by atoms with E-state index in [9.17, 15) is 0 Å². The minimum atomic E-state index is 0.152. The third-order valence-corrected chi connectivity index (χ3v) is 5.22. The van der Waals surface area contributed by atoms with E-state index in [1.807, 2.05) is 54.0 Å². The van der Waals surface area contributed by atoms with Crippen molar-refractivity contribution in [1.82, 2.24) is 34.2 Å². The van der Waals surface area contributed by atoms with E-state index in [1.165, 1.54) is 0 Å². The van der Waals surface area contributed by atoms with Crippen molar-refractivity contribution in [2.75, 3.05) is 0 Å². The zero-order valence-electron chi connectivity index (χ0n) is 15.1. The first kappa shape index (κ1) is 15.8. The lowest BCUT2D eigenvalue weighted by atomic mass is 9.81. The van der Waals surface area contributed by atoms with Crippen molar-refractivity contribution in [1.29, 1.82) is 5.26 Å². The maximum atomic E-state index is 8.99. The number of hydrogen-bond donors (Lipinski definition) is 0. The van der Waals surface area contributed by atoms with Gasteiger partial charge in [-0.25, -0.2) is 9.50 Å². The molecule has 4 heterocycles. The Labute approximate surface area is 155 Å². The number of nitriles is 1. The standard InChI is InChI=1S/C19H18N8/c1-12-16(10-25(2)24-12)17-11-27-18(3-4-21-27)19(23-17)14-8-22-26(9-14)15-5-13(6-15)7-20/h3-4,8-11,13,15H,5-6H2,1-2H3. The normalized spacial score (nSPS) is 19.1. The van der Waals surface area contributed by atoms with Crippen LogP contribution in [0, 0.1) is 24.2 Å². The van der Waals surface area contributed by atoms with Gasteiger partial charge in [-0.15, -0.1) is 0 Å². The van der Waals surface area contributed by atoms with E-state index in [-0.39, 0.29) is 5.92 Å². The van der Waals surface area contributed by atoms with Crippen LogP contribution in [0.2, 0.25) is 0 Å². The fourth-order valence-corrected chi connectivity index (χ4v) is 3.69. The molecule has 5 rings (SSSR count). The number of hydrogen-bond acceptors (Lipinski definition) is 5. The van der Waals surface area contributed by atoms with Crippen LogP contribution in [0.3, 0.4) is 0 Å². The molecule has 0 radical (unpaired) electrons. The minimum absolute atomic E-state index is 0.152. The fraction of sp³-hybridized carbons (Fsp3) is 0.316. The second-order valence-electron chi connectivity index (χ2n) is 7.10. The molecule has 0 spiro atoms. The molecule has 0 amide bonds. The molecule has 0 N–H and O–H groups in total. The highest BCUT2D eigenvalue weighted by atomic mass is 15.3. The van der Waals surface area contributed by atoms with Crippen LogP contribution in [-0.2, 0) is 7.05 Å². The summed E-state index contributed by atoms with van der Waals surface area (Å²) in [5.74, 6) is 0.152. The Bertz CT molecular complexity index is 1180. The summed E-state index contributed by atoms with van der Waals surface area (Å²) in [6, 6.07) is 4.57. The van der Waals surface area contributed by atoms with Gasteiger partial charge in [-0.1, -0.05) is 0 Å². The number of fused-ring (bicyclic) bond motifs is 1. The van der Waals surface area contributed by atoms with Gasteiger partial charge in [-0.2, -0.15) is 20.6 Å². The van der Waals surface area contributed by atoms with Gasteiger partial charge in [-0.05, 0) is 25.8 Å². The van der Waals surface area contributed by atoms with Gasteiger partial charge in [0.05, 0.1) is 59.2 Å². The smallest absolute Gasteiger partial charge is 0.0999 e. The van der Waals surface area contributed by atoms with Crippen LogP contribution in [-0.4, -0.2) is 34.2 Å². The van der Waals surface area contributed by atoms with Crippen LogP contribution >= 0.6 is 0 Å². The molecule has 0 saturated heterocycles. The summed E-state index contributed by atoms with van der Waals surface area (Å²) < 4.78 is 5.59. The number of aryl methyl sites for hydroxylation is 2. The SMILES string of the molecule is Cc1nn(C)cc1-c1cn2nccc2c(-c2cnn(C3CC(C#N)C3)c2)n1. The predicted molar refractivity (Wildman–Crippen MR) is 98.5 cm³/mol. The summed E-state index contributed by atoms with van der Waals surface area (Å²) in [5, 5.41) is 22.3. The van der Waals surface area contributed by atoms with Gasteiger partial charge in [-0.3, -0.25) is 9.36 Å². The van der Waals surface area contributed by atoms with Crippen molar-refractivity contribution in [2.45, 2.75) is 25.8 Å². The lowest BCUT2D eigenvalue weighted by Gasteiger charge is -2.30. The second kappa shape index (κ2) is 5.77. The summed E-state index contributed by atoms with van der Waals surface area (Å²) in [5.41, 5.74) is 5.46. The van der Waals surface area contributed by atoms with Gasteiger partial charge in [0, 0.05) is 30.6 Å². The summed E-state index contributed by atoms with van der Waals surface area (Å²) in [6.45, 7) is 1.98. The number of rotatable bonds is 3. The van der Waals surface area contributed by atoms with Gasteiger partial charge < -0.3 is 0 Å². The molecule has 0 unspecified atom stereocenters. The topological polar surface area (TPSA) is 89.6 Å². The van der Waals surface area contributed by atoms with Crippen LogP contribution in [0.25, 0.3) is 28.0 Å². The van der Waals surface area contributed by atoms with Crippen molar-refractivity contribution < 1.29 is 0 Å². The fourth-order valence-electron chi connectivity index (χ4n) is 3.69. The molecule has 1 aliphatic rings. The van der Waals surface area contributed by atoms with E-state index >= 15 is 0 Å². The average Bonchev–Trinajstić information content (AvgIpc) is 3.32. The molecule has 0 bridgehead atoms. The van der Waals surface area contributed by atoms with E-state index in [1.54, 1.807) is 10.9 Å². The Morgan fingerprint density at radius 2 is 2.04 bits per heavy atom. The summed E-state index contributed by atoms with van der Waals surface area (Å²) >= 11 is 0. The first-order valence-corrected chi connectivity index (χ1v) is 8.91. The van der Waals surface area contributed by atoms with Crippen molar-refractivity contribution in [3.63, 3.8) is 0 Å². The van der Waals surface area contributed by atoms with Gasteiger partial charge >= 0.3 is 0 Å². The zero-order valence-corrected chi connectivity index (χ0v) is 15.1. The lowest BCUT2D eigenvalue weighted by molar-refractivity contribution is 0.230. The maximum Gasteiger partial charge on any atom is 0.0999 e. The highest BCUT2D eigenvalue weighted by Crippen LogP contribution is 2.37. The molecule has 4 aromatic heterocycles. The molecule has 27 heavy (non-hydrogen) atoms. The van der Waals surface area contributed by atoms with Gasteiger partial charge in [0.15, 0.2) is 0 Å². The van der Waals surface area contributed by atoms with E-state index < -0.39 is 0 Å². The summed E-state index contributed by atoms with van der Waals surface area (Å²) in [4.78, 5) is 4.92. The van der Waals surface area contributed by atoms with Crippen LogP contribution in [0.15, 0.2) is 37.1 Å². The quantitative estimate of drug-likeness (QED) is 0.562. The Morgan fingerprint density at radius 3 is 2.78 bits per heavy atom. The highest BCUT2D eigenvalue weighted by molar-refractivity contribution is 5.78. The average molecular weight is 358 g/mol. The lowest BCUT2D eigenvalue weighted by Crippen LogP contribution is -2.25. The third-order valence-electron chi connectivity index (χ3n) is 5.22. The first-order chi connectivity index (χ1) is 13.1. The molecule has 0 aromatic carbocycles. The van der Waals surface area contributed by atoms with Crippen LogP contribution < -0.4 is 0 Å². The molecule has 0 aliphatic heterocycles. The summed E-state index contributed by atoms with van der Waals surface area (Å²) in [6.07, 6.45) is 11.3. The number of aromatic nitrogens is 7. The van der Waals surface area contributed by atoms with E-state index in [2.05, 4.69) is 21.4 Å². The highest BCUT2D eigenvalue weighted by Gasteiger charge is 2.31. The van der Waals surface area contributed by atoms with Crippen LogP contribution in [0.1, 0.15) is 24.6 Å². The molecule has 1 aliphatic carbocycles. The predicted octanol–water partition coefficient (Wildman–Crippen LogP) is 2.78. The molecule has 8 heteroatoms. The zero-order chi connectivity index (χ0) is 18.5. The van der Waals surface area contributed by atoms with Crippen molar-refractivity contribution >= 4 is 5.52 Å². The van der Waals surface area contributed by atoms with Gasteiger partial charge in [0.1, 0.15) is 0 Å². The van der Waals surface area contributed by atoms with Crippen LogP contribution in [0.5, 0.6) is 0 Å². The monoisotopic (exact) mass is 358 g/mol. The van der Waals surface area contributed by atoms with Crippen molar-refractivity contribution in [3.05, 3.63) is 42.7 Å². The Balaban J connectivity index is 1.59.